The molecule has 228 valence electrons. The van der Waals surface area contributed by atoms with Crippen molar-refractivity contribution in [2.24, 2.45) is 0 Å². The standard InChI is InChI=1S/C28H23N3O6.C5H11NO/c32-27(15-10-20-4-2-1-3-5-20)29-18-23(16-21-6-11-25(12-7-21)30(34)35)28(33)24(19-29)17-22-8-13-26(14-9-22)31(36)37;1-3-4-5(7)6-2/h1-9,11-14,16-17H,10,15,18-19H2;3-4H2,1-2H3,(H,6,7)/b23-16+,24-17+;. The lowest BCUT2D eigenvalue weighted by atomic mass is 9.93. The molecule has 11 nitrogen and oxygen atoms in total. The Labute approximate surface area is 255 Å². The number of piperidine rings is 1. The monoisotopic (exact) mass is 598 g/mol. The third kappa shape index (κ3) is 9.83. The number of non-ortho nitro benzene ring substituents is 2. The van der Waals surface area contributed by atoms with Gasteiger partial charge in [-0.2, -0.15) is 0 Å². The Morgan fingerprint density at radius 3 is 1.66 bits per heavy atom. The van der Waals surface area contributed by atoms with Gasteiger partial charge in [0.1, 0.15) is 0 Å². The van der Waals surface area contributed by atoms with Crippen LogP contribution < -0.4 is 5.32 Å². The van der Waals surface area contributed by atoms with E-state index in [-0.39, 0.29) is 48.5 Å². The summed E-state index contributed by atoms with van der Waals surface area (Å²) in [5, 5.41) is 24.4. The Balaban J connectivity index is 0.000000676. The second-order valence-electron chi connectivity index (χ2n) is 10.0. The van der Waals surface area contributed by atoms with Crippen LogP contribution in [-0.4, -0.2) is 52.5 Å². The van der Waals surface area contributed by atoms with Gasteiger partial charge in [-0.3, -0.25) is 34.6 Å². The number of nitro groups is 2. The molecule has 11 heteroatoms. The van der Waals surface area contributed by atoms with Crippen molar-refractivity contribution in [1.29, 1.82) is 0 Å². The summed E-state index contributed by atoms with van der Waals surface area (Å²) in [5.41, 5.74) is 2.86. The first kappa shape index (κ1) is 33.1. The number of carbonyl (C=O) groups is 3. The van der Waals surface area contributed by atoms with Gasteiger partial charge in [0.05, 0.1) is 9.85 Å². The van der Waals surface area contributed by atoms with Gasteiger partial charge in [-0.05, 0) is 65.9 Å². The van der Waals surface area contributed by atoms with Crippen LogP contribution in [0.15, 0.2) is 90.0 Å². The maximum Gasteiger partial charge on any atom is 0.269 e. The molecule has 1 aliphatic heterocycles. The Morgan fingerprint density at radius 1 is 0.795 bits per heavy atom. The molecule has 3 aromatic rings. The summed E-state index contributed by atoms with van der Waals surface area (Å²) in [6.07, 6.45) is 5.68. The number of Topliss-reactive ketones (excluding diaryl/α,β-unsaturated/α-hetero) is 1. The molecule has 3 aromatic carbocycles. The summed E-state index contributed by atoms with van der Waals surface area (Å²) in [6.45, 7) is 2.21. The number of likely N-dealkylation sites (tertiary alicyclic amines) is 1. The van der Waals surface area contributed by atoms with E-state index in [0.29, 0.717) is 35.1 Å². The number of aryl methyl sites for hydroxylation is 1. The Hall–Kier alpha value is -5.45. The zero-order valence-corrected chi connectivity index (χ0v) is 24.6. The van der Waals surface area contributed by atoms with Crippen molar-refractivity contribution in [1.82, 2.24) is 10.2 Å². The van der Waals surface area contributed by atoms with Crippen molar-refractivity contribution in [2.45, 2.75) is 32.6 Å². The molecule has 0 spiro atoms. The summed E-state index contributed by atoms with van der Waals surface area (Å²) in [6, 6.07) is 21.3. The van der Waals surface area contributed by atoms with Gasteiger partial charge in [0, 0.05) is 68.4 Å². The van der Waals surface area contributed by atoms with Gasteiger partial charge < -0.3 is 10.2 Å². The molecule has 0 unspecified atom stereocenters. The van der Waals surface area contributed by atoms with Crippen molar-refractivity contribution in [3.8, 4) is 0 Å². The molecule has 0 saturated carbocycles. The second-order valence-corrected chi connectivity index (χ2v) is 10.0. The first-order valence-corrected chi connectivity index (χ1v) is 14.1. The topological polar surface area (TPSA) is 153 Å². The molecule has 0 atom stereocenters. The van der Waals surface area contributed by atoms with E-state index in [0.717, 1.165) is 12.0 Å². The van der Waals surface area contributed by atoms with Gasteiger partial charge in [0.25, 0.3) is 11.4 Å². The number of nitro benzene ring substituents is 2. The molecule has 4 rings (SSSR count). The first-order chi connectivity index (χ1) is 21.1. The third-order valence-corrected chi connectivity index (χ3v) is 6.77. The quantitative estimate of drug-likeness (QED) is 0.193. The maximum absolute atomic E-state index is 13.3. The number of rotatable bonds is 9. The van der Waals surface area contributed by atoms with E-state index < -0.39 is 9.85 Å². The van der Waals surface area contributed by atoms with Gasteiger partial charge in [-0.15, -0.1) is 0 Å². The molecule has 1 saturated heterocycles. The fourth-order valence-electron chi connectivity index (χ4n) is 4.41. The second kappa shape index (κ2) is 16.3. The van der Waals surface area contributed by atoms with Crippen LogP contribution in [0.3, 0.4) is 0 Å². The summed E-state index contributed by atoms with van der Waals surface area (Å²) >= 11 is 0. The number of carbonyl (C=O) groups excluding carboxylic acids is 3. The number of hydrogen-bond acceptors (Lipinski definition) is 7. The molecule has 0 radical (unpaired) electrons. The highest BCUT2D eigenvalue weighted by atomic mass is 16.6. The summed E-state index contributed by atoms with van der Waals surface area (Å²) in [5.74, 6) is -0.230. The molecule has 1 fully saturated rings. The number of nitrogens with one attached hydrogen (secondary N) is 1. The average molecular weight is 599 g/mol. The van der Waals surface area contributed by atoms with Gasteiger partial charge in [-0.25, -0.2) is 0 Å². The van der Waals surface area contributed by atoms with Crippen LogP contribution in [0.5, 0.6) is 0 Å². The van der Waals surface area contributed by atoms with Gasteiger partial charge in [0.2, 0.25) is 11.8 Å². The minimum absolute atomic E-state index is 0.0615. The van der Waals surface area contributed by atoms with Crippen LogP contribution in [0.2, 0.25) is 0 Å². The summed E-state index contributed by atoms with van der Waals surface area (Å²) in [7, 11) is 1.65. The minimum atomic E-state index is -0.499. The highest BCUT2D eigenvalue weighted by Crippen LogP contribution is 2.24. The van der Waals surface area contributed by atoms with Crippen molar-refractivity contribution in [3.63, 3.8) is 0 Å². The highest BCUT2D eigenvalue weighted by Gasteiger charge is 2.29. The molecule has 1 aliphatic rings. The van der Waals surface area contributed by atoms with Crippen LogP contribution in [0, 0.1) is 20.2 Å². The maximum atomic E-state index is 13.3. The Bertz CT molecular complexity index is 1470. The van der Waals surface area contributed by atoms with Gasteiger partial charge in [-0.1, -0.05) is 37.3 Å². The first-order valence-electron chi connectivity index (χ1n) is 14.1. The molecule has 0 bridgehead atoms. The Morgan fingerprint density at radius 2 is 1.27 bits per heavy atom. The third-order valence-electron chi connectivity index (χ3n) is 6.77. The van der Waals surface area contributed by atoms with Crippen LogP contribution >= 0.6 is 0 Å². The summed E-state index contributed by atoms with van der Waals surface area (Å²) in [4.78, 5) is 59.3. The number of benzene rings is 3. The number of nitrogens with zero attached hydrogens (tertiary/aromatic N) is 3. The van der Waals surface area contributed by atoms with Crippen molar-refractivity contribution in [3.05, 3.63) is 127 Å². The van der Waals surface area contributed by atoms with Crippen molar-refractivity contribution < 1.29 is 24.2 Å². The summed E-state index contributed by atoms with van der Waals surface area (Å²) < 4.78 is 0. The van der Waals surface area contributed by atoms with E-state index in [2.05, 4.69) is 5.32 Å². The lowest BCUT2D eigenvalue weighted by Gasteiger charge is -2.30. The molecule has 44 heavy (non-hydrogen) atoms. The van der Waals surface area contributed by atoms with E-state index in [1.54, 1.807) is 48.4 Å². The molecular formula is C33H34N4O7. The molecule has 0 aliphatic carbocycles. The smallest absolute Gasteiger partial charge is 0.269 e. The molecule has 0 aromatic heterocycles. The SMILES string of the molecule is CCCC(=O)NC.O=C1/C(=C/c2ccc([N+](=O)[O-])cc2)CN(C(=O)CCc2ccccc2)C/C1=C\c1ccc([N+](=O)[O-])cc1. The largest absolute Gasteiger partial charge is 0.359 e. The zero-order chi connectivity index (χ0) is 32.1. The number of amides is 2. The van der Waals surface area contributed by atoms with Crippen LogP contribution in [0.4, 0.5) is 11.4 Å². The fraction of sp³-hybridized carbons (Fsp3) is 0.242. The normalized spacial score (nSPS) is 14.5. The van der Waals surface area contributed by atoms with Gasteiger partial charge >= 0.3 is 0 Å². The van der Waals surface area contributed by atoms with Crippen LogP contribution in [-0.2, 0) is 20.8 Å². The predicted molar refractivity (Wildman–Crippen MR) is 167 cm³/mol. The number of hydrogen-bond donors (Lipinski definition) is 1. The van der Waals surface area contributed by atoms with E-state index in [1.165, 1.54) is 24.3 Å². The van der Waals surface area contributed by atoms with E-state index in [9.17, 15) is 34.6 Å². The van der Waals surface area contributed by atoms with Crippen LogP contribution in [0.25, 0.3) is 12.2 Å². The van der Waals surface area contributed by atoms with E-state index in [4.69, 9.17) is 0 Å². The fourth-order valence-corrected chi connectivity index (χ4v) is 4.41. The number of ketones is 1. The predicted octanol–water partition coefficient (Wildman–Crippen LogP) is 5.55. The lowest BCUT2D eigenvalue weighted by molar-refractivity contribution is -0.385. The molecule has 2 amide bonds. The minimum Gasteiger partial charge on any atom is -0.359 e. The molecule has 1 N–H and O–H groups in total. The van der Waals surface area contributed by atoms with Crippen molar-refractivity contribution in [2.75, 3.05) is 20.1 Å². The van der Waals surface area contributed by atoms with Crippen LogP contribution in [0.1, 0.15) is 42.9 Å². The lowest BCUT2D eigenvalue weighted by Crippen LogP contribution is -2.41. The Kier molecular flexibility index (Phi) is 12.2. The van der Waals surface area contributed by atoms with E-state index >= 15 is 0 Å². The van der Waals surface area contributed by atoms with E-state index in [1.807, 2.05) is 37.3 Å². The van der Waals surface area contributed by atoms with Gasteiger partial charge in [0.15, 0.2) is 5.78 Å². The average Bonchev–Trinajstić information content (AvgIpc) is 3.03. The zero-order valence-electron chi connectivity index (χ0n) is 24.6. The molecule has 1 heterocycles. The van der Waals surface area contributed by atoms with Crippen molar-refractivity contribution >= 4 is 41.1 Å². The molecular weight excluding hydrogens is 564 g/mol. The highest BCUT2D eigenvalue weighted by molar-refractivity contribution is 6.15.